The van der Waals surface area contributed by atoms with Crippen LogP contribution in [-0.2, 0) is 4.79 Å². The first-order valence-corrected chi connectivity index (χ1v) is 7.13. The summed E-state index contributed by atoms with van der Waals surface area (Å²) in [6, 6.07) is 0. The number of carbonyl (C=O) groups is 1. The molecule has 0 aromatic heterocycles. The number of aliphatic hydroxyl groups is 1. The van der Waals surface area contributed by atoms with Gasteiger partial charge in [-0.15, -0.1) is 5.92 Å². The van der Waals surface area contributed by atoms with Crippen LogP contribution < -0.4 is 0 Å². The molecular formula is C16H24O3. The molecule has 19 heavy (non-hydrogen) atoms. The molecule has 0 amide bonds. The van der Waals surface area contributed by atoms with E-state index >= 15 is 0 Å². The smallest absolute Gasteiger partial charge is 0.303 e. The summed E-state index contributed by atoms with van der Waals surface area (Å²) in [5, 5.41) is 17.5. The molecule has 0 aromatic rings. The lowest BCUT2D eigenvalue weighted by molar-refractivity contribution is -0.137. The number of carboxylic acid groups (broad SMARTS) is 1. The minimum absolute atomic E-state index is 0.261. The van der Waals surface area contributed by atoms with Gasteiger partial charge in [-0.3, -0.25) is 4.79 Å². The molecule has 3 heteroatoms. The first-order chi connectivity index (χ1) is 9.09. The number of aliphatic carboxylic acids is 1. The normalized spacial score (nSPS) is 22.8. The number of aliphatic hydroxyl groups excluding tert-OH is 1. The van der Waals surface area contributed by atoms with Gasteiger partial charge in [0.1, 0.15) is 6.10 Å². The SMILES string of the molecule is C[C@H](O)C#CC[C@H]1C[C@H]1CC/C=C\CCCC(=O)O. The summed E-state index contributed by atoms with van der Waals surface area (Å²) >= 11 is 0. The Morgan fingerprint density at radius 2 is 2.11 bits per heavy atom. The molecule has 1 fully saturated rings. The third-order valence-electron chi connectivity index (χ3n) is 3.38. The van der Waals surface area contributed by atoms with Gasteiger partial charge in [-0.1, -0.05) is 18.1 Å². The first-order valence-electron chi connectivity index (χ1n) is 7.13. The van der Waals surface area contributed by atoms with Crippen molar-refractivity contribution in [2.75, 3.05) is 0 Å². The van der Waals surface area contributed by atoms with Crippen LogP contribution in [-0.4, -0.2) is 22.3 Å². The third-order valence-corrected chi connectivity index (χ3v) is 3.38. The molecule has 1 saturated carbocycles. The maximum Gasteiger partial charge on any atom is 0.303 e. The van der Waals surface area contributed by atoms with E-state index in [1.165, 1.54) is 12.8 Å². The minimum Gasteiger partial charge on any atom is -0.481 e. The Balaban J connectivity index is 1.96. The van der Waals surface area contributed by atoms with Gasteiger partial charge in [0, 0.05) is 12.8 Å². The average Bonchev–Trinajstić information content (AvgIpc) is 3.05. The van der Waals surface area contributed by atoms with Gasteiger partial charge in [0.2, 0.25) is 0 Å². The Kier molecular flexibility index (Phi) is 7.28. The van der Waals surface area contributed by atoms with E-state index in [1.807, 2.05) is 0 Å². The average molecular weight is 264 g/mol. The maximum atomic E-state index is 10.3. The Morgan fingerprint density at radius 1 is 1.37 bits per heavy atom. The molecule has 0 spiro atoms. The van der Waals surface area contributed by atoms with E-state index in [1.54, 1.807) is 6.92 Å². The molecule has 3 nitrogen and oxygen atoms in total. The Morgan fingerprint density at radius 3 is 2.79 bits per heavy atom. The van der Waals surface area contributed by atoms with Crippen LogP contribution in [0.4, 0.5) is 0 Å². The van der Waals surface area contributed by atoms with Crippen molar-refractivity contribution >= 4 is 5.97 Å². The predicted octanol–water partition coefficient (Wildman–Crippen LogP) is 2.99. The van der Waals surface area contributed by atoms with Crippen molar-refractivity contribution in [1.82, 2.24) is 0 Å². The van der Waals surface area contributed by atoms with E-state index in [4.69, 9.17) is 10.2 Å². The topological polar surface area (TPSA) is 57.5 Å². The van der Waals surface area contributed by atoms with E-state index < -0.39 is 12.1 Å². The molecule has 1 aliphatic rings. The van der Waals surface area contributed by atoms with Crippen LogP contribution in [0.3, 0.4) is 0 Å². The molecule has 3 atom stereocenters. The molecule has 0 radical (unpaired) electrons. The van der Waals surface area contributed by atoms with Crippen LogP contribution in [0, 0.1) is 23.7 Å². The molecule has 106 valence electrons. The molecule has 0 bridgehead atoms. The number of carboxylic acids is 1. The van der Waals surface area contributed by atoms with Crippen LogP contribution in [0.5, 0.6) is 0 Å². The second-order valence-electron chi connectivity index (χ2n) is 5.29. The molecule has 0 aromatic carbocycles. The molecule has 0 heterocycles. The summed E-state index contributed by atoms with van der Waals surface area (Å²) < 4.78 is 0. The highest BCUT2D eigenvalue weighted by molar-refractivity contribution is 5.66. The summed E-state index contributed by atoms with van der Waals surface area (Å²) in [6.45, 7) is 1.69. The first kappa shape index (κ1) is 15.8. The van der Waals surface area contributed by atoms with Gasteiger partial charge in [0.25, 0.3) is 0 Å². The van der Waals surface area contributed by atoms with Crippen LogP contribution in [0.15, 0.2) is 12.2 Å². The lowest BCUT2D eigenvalue weighted by Gasteiger charge is -1.94. The zero-order valence-corrected chi connectivity index (χ0v) is 11.6. The van der Waals surface area contributed by atoms with Crippen molar-refractivity contribution in [3.8, 4) is 11.8 Å². The zero-order valence-electron chi connectivity index (χ0n) is 11.6. The minimum atomic E-state index is -0.715. The van der Waals surface area contributed by atoms with Crippen LogP contribution >= 0.6 is 0 Å². The van der Waals surface area contributed by atoms with Gasteiger partial charge in [-0.2, -0.15) is 0 Å². The van der Waals surface area contributed by atoms with Crippen molar-refractivity contribution in [3.63, 3.8) is 0 Å². The molecular weight excluding hydrogens is 240 g/mol. The molecule has 0 unspecified atom stereocenters. The summed E-state index contributed by atoms with van der Waals surface area (Å²) in [7, 11) is 0. The number of allylic oxidation sites excluding steroid dienone is 2. The van der Waals surface area contributed by atoms with Crippen LogP contribution in [0.2, 0.25) is 0 Å². The summed E-state index contributed by atoms with van der Waals surface area (Å²) in [4.78, 5) is 10.3. The standard InChI is InChI=1S/C16H24O3/c1-13(17)8-7-10-15-12-14(15)9-5-3-2-4-6-11-16(18)19/h2-3,13-15,17H,4-6,9-12H2,1H3,(H,18,19)/b3-2-/t13-,14+,15-/m0/s1. The quantitative estimate of drug-likeness (QED) is 0.402. The van der Waals surface area contributed by atoms with Gasteiger partial charge in [0.05, 0.1) is 0 Å². The second-order valence-corrected chi connectivity index (χ2v) is 5.29. The Hall–Kier alpha value is -1.27. The molecule has 1 aliphatic carbocycles. The summed E-state index contributed by atoms with van der Waals surface area (Å²) in [5.74, 6) is 6.62. The molecule has 0 aliphatic heterocycles. The Bertz CT molecular complexity index is 360. The summed E-state index contributed by atoms with van der Waals surface area (Å²) in [6.07, 6.45) is 10.1. The van der Waals surface area contributed by atoms with E-state index in [0.717, 1.165) is 37.5 Å². The number of rotatable bonds is 8. The number of hydrogen-bond acceptors (Lipinski definition) is 2. The fraction of sp³-hybridized carbons (Fsp3) is 0.688. The highest BCUT2D eigenvalue weighted by Gasteiger charge is 2.34. The lowest BCUT2D eigenvalue weighted by Crippen LogP contribution is -1.92. The van der Waals surface area contributed by atoms with Gasteiger partial charge in [-0.25, -0.2) is 0 Å². The van der Waals surface area contributed by atoms with Crippen LogP contribution in [0.25, 0.3) is 0 Å². The largest absolute Gasteiger partial charge is 0.481 e. The van der Waals surface area contributed by atoms with Gasteiger partial charge in [-0.05, 0) is 50.9 Å². The fourth-order valence-electron chi connectivity index (χ4n) is 2.17. The van der Waals surface area contributed by atoms with Crippen molar-refractivity contribution < 1.29 is 15.0 Å². The third kappa shape index (κ3) is 8.45. The van der Waals surface area contributed by atoms with Crippen molar-refractivity contribution in [2.24, 2.45) is 11.8 Å². The van der Waals surface area contributed by atoms with E-state index in [-0.39, 0.29) is 6.42 Å². The van der Waals surface area contributed by atoms with Crippen molar-refractivity contribution in [3.05, 3.63) is 12.2 Å². The van der Waals surface area contributed by atoms with Gasteiger partial charge in [0.15, 0.2) is 0 Å². The predicted molar refractivity (Wildman–Crippen MR) is 75.5 cm³/mol. The van der Waals surface area contributed by atoms with E-state index in [9.17, 15) is 4.79 Å². The fourth-order valence-corrected chi connectivity index (χ4v) is 2.17. The molecule has 1 rings (SSSR count). The van der Waals surface area contributed by atoms with E-state index in [0.29, 0.717) is 0 Å². The molecule has 2 N–H and O–H groups in total. The molecule has 0 saturated heterocycles. The summed E-state index contributed by atoms with van der Waals surface area (Å²) in [5.41, 5.74) is 0. The highest BCUT2D eigenvalue weighted by atomic mass is 16.4. The highest BCUT2D eigenvalue weighted by Crippen LogP contribution is 2.44. The number of hydrogen-bond donors (Lipinski definition) is 2. The zero-order chi connectivity index (χ0) is 14.1. The number of unbranched alkanes of at least 4 members (excludes halogenated alkanes) is 1. The maximum absolute atomic E-state index is 10.3. The Labute approximate surface area is 115 Å². The van der Waals surface area contributed by atoms with Crippen molar-refractivity contribution in [1.29, 1.82) is 0 Å². The van der Waals surface area contributed by atoms with Gasteiger partial charge < -0.3 is 10.2 Å². The lowest BCUT2D eigenvalue weighted by atomic mass is 10.1. The van der Waals surface area contributed by atoms with E-state index in [2.05, 4.69) is 24.0 Å². The van der Waals surface area contributed by atoms with Crippen molar-refractivity contribution in [2.45, 2.75) is 58.0 Å². The second kappa shape index (κ2) is 8.77. The van der Waals surface area contributed by atoms with Crippen LogP contribution in [0.1, 0.15) is 51.9 Å². The monoisotopic (exact) mass is 264 g/mol. The van der Waals surface area contributed by atoms with Gasteiger partial charge >= 0.3 is 5.97 Å².